The van der Waals surface area contributed by atoms with Gasteiger partial charge in [-0.15, -0.1) is 0 Å². The van der Waals surface area contributed by atoms with Gasteiger partial charge in [-0.25, -0.2) is 13.6 Å². The molecule has 0 aliphatic carbocycles. The zero-order valence-corrected chi connectivity index (χ0v) is 12.1. The second-order valence-electron chi connectivity index (χ2n) is 5.18. The van der Waals surface area contributed by atoms with Crippen LogP contribution >= 0.6 is 0 Å². The van der Waals surface area contributed by atoms with Gasteiger partial charge < -0.3 is 9.64 Å². The van der Waals surface area contributed by atoms with E-state index in [-0.39, 0.29) is 5.69 Å². The van der Waals surface area contributed by atoms with Crippen LogP contribution in [-0.2, 0) is 15.7 Å². The molecule has 11 heteroatoms. The number of carbonyl (C=O) groups is 1. The summed E-state index contributed by atoms with van der Waals surface area (Å²) in [6.45, 7) is -0.998. The first-order valence-electron chi connectivity index (χ1n) is 6.54. The smallest absolute Gasteiger partial charge is 0.423 e. The number of hydrogen-bond acceptors (Lipinski definition) is 5. The molecule has 0 N–H and O–H groups in total. The van der Waals surface area contributed by atoms with E-state index in [2.05, 4.69) is 4.74 Å². The van der Waals surface area contributed by atoms with Crippen molar-refractivity contribution in [3.05, 3.63) is 33.9 Å². The number of carbonyl (C=O) groups excluding carboxylic acids is 1. The minimum atomic E-state index is -5.05. The van der Waals surface area contributed by atoms with Crippen LogP contribution in [0, 0.1) is 10.1 Å². The summed E-state index contributed by atoms with van der Waals surface area (Å²) in [6, 6.07) is 0.371. The zero-order valence-electron chi connectivity index (χ0n) is 12.1. The Morgan fingerprint density at radius 2 is 2.04 bits per heavy atom. The molecule has 0 saturated carbocycles. The molecule has 0 aromatic heterocycles. The topological polar surface area (TPSA) is 72.7 Å². The van der Waals surface area contributed by atoms with E-state index in [9.17, 15) is 36.9 Å². The first kappa shape index (κ1) is 17.9. The molecular weight excluding hydrogens is 343 g/mol. The maximum atomic E-state index is 13.6. The number of alkyl halides is 5. The lowest BCUT2D eigenvalue weighted by Crippen LogP contribution is -2.37. The van der Waals surface area contributed by atoms with Crippen molar-refractivity contribution in [2.45, 2.75) is 24.6 Å². The van der Waals surface area contributed by atoms with Crippen LogP contribution in [0.5, 0.6) is 0 Å². The number of nitro groups is 1. The van der Waals surface area contributed by atoms with Crippen molar-refractivity contribution in [1.82, 2.24) is 0 Å². The Labute approximate surface area is 131 Å². The average molecular weight is 354 g/mol. The normalized spacial score (nSPS) is 20.1. The van der Waals surface area contributed by atoms with E-state index >= 15 is 0 Å². The molecule has 0 unspecified atom stereocenters. The van der Waals surface area contributed by atoms with E-state index in [1.165, 1.54) is 0 Å². The van der Waals surface area contributed by atoms with E-state index in [0.29, 0.717) is 12.1 Å². The lowest BCUT2D eigenvalue weighted by molar-refractivity contribution is -0.388. The van der Waals surface area contributed by atoms with E-state index in [0.717, 1.165) is 18.1 Å². The molecule has 0 bridgehead atoms. The van der Waals surface area contributed by atoms with Crippen molar-refractivity contribution in [2.24, 2.45) is 0 Å². The number of nitro benzene ring substituents is 1. The molecular formula is C13H11F5N2O4. The number of anilines is 1. The van der Waals surface area contributed by atoms with Crippen molar-refractivity contribution in [1.29, 1.82) is 0 Å². The molecule has 1 aromatic rings. The third-order valence-electron chi connectivity index (χ3n) is 3.56. The Bertz CT molecular complexity index is 677. The fraction of sp³-hybridized carbons (Fsp3) is 0.462. The SMILES string of the molecule is COC(=O)[C@@H]1CC(F)(F)CN1c1ccc([N+](=O)[O-])c(C(F)(F)F)c1. The monoisotopic (exact) mass is 354 g/mol. The van der Waals surface area contributed by atoms with Crippen LogP contribution < -0.4 is 4.90 Å². The van der Waals surface area contributed by atoms with Crippen LogP contribution in [-0.4, -0.2) is 36.5 Å². The number of methoxy groups -OCH3 is 1. The van der Waals surface area contributed by atoms with Gasteiger partial charge in [0, 0.05) is 18.2 Å². The van der Waals surface area contributed by atoms with Gasteiger partial charge in [0.25, 0.3) is 11.6 Å². The fourth-order valence-corrected chi connectivity index (χ4v) is 2.52. The number of benzene rings is 1. The van der Waals surface area contributed by atoms with Crippen LogP contribution in [0.25, 0.3) is 0 Å². The molecule has 0 radical (unpaired) electrons. The van der Waals surface area contributed by atoms with Crippen molar-refractivity contribution < 1.29 is 36.4 Å². The molecule has 0 amide bonds. The number of ether oxygens (including phenoxy) is 1. The quantitative estimate of drug-likeness (QED) is 0.361. The summed E-state index contributed by atoms with van der Waals surface area (Å²) in [5.74, 6) is -4.34. The largest absolute Gasteiger partial charge is 0.467 e. The van der Waals surface area contributed by atoms with E-state index in [4.69, 9.17) is 0 Å². The second kappa shape index (κ2) is 5.87. The van der Waals surface area contributed by atoms with Gasteiger partial charge in [0.05, 0.1) is 18.6 Å². The Morgan fingerprint density at radius 3 is 2.54 bits per heavy atom. The van der Waals surface area contributed by atoms with Crippen molar-refractivity contribution in [3.63, 3.8) is 0 Å². The van der Waals surface area contributed by atoms with Crippen LogP contribution in [0.3, 0.4) is 0 Å². The van der Waals surface area contributed by atoms with E-state index < -0.39 is 53.2 Å². The molecule has 6 nitrogen and oxygen atoms in total. The maximum Gasteiger partial charge on any atom is 0.423 e. The molecule has 1 saturated heterocycles. The molecule has 2 rings (SSSR count). The van der Waals surface area contributed by atoms with Crippen LogP contribution in [0.15, 0.2) is 18.2 Å². The predicted octanol–water partition coefficient (Wildman–Crippen LogP) is 3.00. The number of rotatable bonds is 3. The van der Waals surface area contributed by atoms with Gasteiger partial charge in [-0.3, -0.25) is 10.1 Å². The van der Waals surface area contributed by atoms with E-state index in [1.807, 2.05) is 0 Å². The summed E-state index contributed by atoms with van der Waals surface area (Å²) in [7, 11) is 0.966. The Kier molecular flexibility index (Phi) is 4.38. The number of esters is 1. The second-order valence-corrected chi connectivity index (χ2v) is 5.18. The highest BCUT2D eigenvalue weighted by molar-refractivity contribution is 5.81. The first-order valence-corrected chi connectivity index (χ1v) is 6.54. The van der Waals surface area contributed by atoms with E-state index in [1.54, 1.807) is 0 Å². The highest BCUT2D eigenvalue weighted by Gasteiger charge is 2.49. The highest BCUT2D eigenvalue weighted by Crippen LogP contribution is 2.41. The Hall–Kier alpha value is -2.46. The maximum absolute atomic E-state index is 13.6. The van der Waals surface area contributed by atoms with Gasteiger partial charge >= 0.3 is 12.1 Å². The first-order chi connectivity index (χ1) is 11.0. The summed E-state index contributed by atoms with van der Waals surface area (Å²) >= 11 is 0. The summed E-state index contributed by atoms with van der Waals surface area (Å²) in [5, 5.41) is 10.7. The molecule has 1 heterocycles. The lowest BCUT2D eigenvalue weighted by atomic mass is 10.1. The average Bonchev–Trinajstić information content (AvgIpc) is 2.80. The summed E-state index contributed by atoms with van der Waals surface area (Å²) < 4.78 is 70.5. The van der Waals surface area contributed by atoms with Crippen molar-refractivity contribution in [3.8, 4) is 0 Å². The number of hydrogen-bond donors (Lipinski definition) is 0. The number of halogens is 5. The molecule has 1 fully saturated rings. The minimum Gasteiger partial charge on any atom is -0.467 e. The van der Waals surface area contributed by atoms with Gasteiger partial charge in [-0.05, 0) is 12.1 Å². The molecule has 0 spiro atoms. The van der Waals surface area contributed by atoms with Crippen LogP contribution in [0.2, 0.25) is 0 Å². The molecule has 1 aromatic carbocycles. The van der Waals surface area contributed by atoms with Gasteiger partial charge in [-0.1, -0.05) is 0 Å². The summed E-state index contributed by atoms with van der Waals surface area (Å²) in [6.07, 6.45) is -5.97. The highest BCUT2D eigenvalue weighted by atomic mass is 19.4. The zero-order chi connectivity index (χ0) is 18.3. The molecule has 1 aliphatic heterocycles. The fourth-order valence-electron chi connectivity index (χ4n) is 2.52. The molecule has 1 aliphatic rings. The Balaban J connectivity index is 2.51. The third-order valence-corrected chi connectivity index (χ3v) is 3.56. The van der Waals surface area contributed by atoms with Gasteiger partial charge in [0.15, 0.2) is 0 Å². The Morgan fingerprint density at radius 1 is 1.42 bits per heavy atom. The van der Waals surface area contributed by atoms with Gasteiger partial charge in [0.2, 0.25) is 0 Å². The molecule has 132 valence electrons. The van der Waals surface area contributed by atoms with Crippen molar-refractivity contribution >= 4 is 17.3 Å². The molecule has 24 heavy (non-hydrogen) atoms. The standard InChI is InChI=1S/C13H11F5N2O4/c1-24-11(21)10-5-12(14,15)6-19(10)7-2-3-9(20(22)23)8(4-7)13(16,17)18/h2-4,10H,5-6H2,1H3/t10-/m0/s1. The lowest BCUT2D eigenvalue weighted by Gasteiger charge is -2.24. The number of nitrogens with zero attached hydrogens (tertiary/aromatic N) is 2. The van der Waals surface area contributed by atoms with Gasteiger partial charge in [0.1, 0.15) is 11.6 Å². The van der Waals surface area contributed by atoms with Crippen molar-refractivity contribution in [2.75, 3.05) is 18.6 Å². The van der Waals surface area contributed by atoms with Crippen LogP contribution in [0.4, 0.5) is 33.3 Å². The predicted molar refractivity (Wildman–Crippen MR) is 70.8 cm³/mol. The summed E-state index contributed by atoms with van der Waals surface area (Å²) in [5.41, 5.74) is -3.16. The van der Waals surface area contributed by atoms with Crippen LogP contribution in [0.1, 0.15) is 12.0 Å². The summed E-state index contributed by atoms with van der Waals surface area (Å²) in [4.78, 5) is 21.9. The molecule has 1 atom stereocenters. The minimum absolute atomic E-state index is 0.375. The third kappa shape index (κ3) is 3.39. The van der Waals surface area contributed by atoms with Gasteiger partial charge in [-0.2, -0.15) is 13.2 Å².